The highest BCUT2D eigenvalue weighted by Gasteiger charge is 2.29. The average molecular weight is 346 g/mol. The second-order valence-electron chi connectivity index (χ2n) is 6.82. The SMILES string of the molecule is CCc1cccc(C(=O)Nc2ccc(-c3nc(C4CC4)c(C)o3)cc2)c1. The monoisotopic (exact) mass is 346 g/mol. The molecule has 1 saturated carbocycles. The number of hydrogen-bond acceptors (Lipinski definition) is 3. The van der Waals surface area contributed by atoms with E-state index in [1.807, 2.05) is 55.5 Å². The molecule has 4 nitrogen and oxygen atoms in total. The minimum atomic E-state index is -0.101. The molecule has 0 spiro atoms. The molecule has 3 aromatic rings. The van der Waals surface area contributed by atoms with E-state index in [4.69, 9.17) is 4.42 Å². The molecule has 1 heterocycles. The Morgan fingerprint density at radius 2 is 1.96 bits per heavy atom. The zero-order valence-corrected chi connectivity index (χ0v) is 15.1. The lowest BCUT2D eigenvalue weighted by Crippen LogP contribution is -2.12. The summed E-state index contributed by atoms with van der Waals surface area (Å²) in [6.45, 7) is 4.05. The van der Waals surface area contributed by atoms with Gasteiger partial charge in [-0.1, -0.05) is 19.1 Å². The Labute approximate surface area is 153 Å². The van der Waals surface area contributed by atoms with Gasteiger partial charge in [-0.2, -0.15) is 0 Å². The number of aromatic nitrogens is 1. The second-order valence-corrected chi connectivity index (χ2v) is 6.82. The van der Waals surface area contributed by atoms with Crippen LogP contribution in [0.4, 0.5) is 5.69 Å². The summed E-state index contributed by atoms with van der Waals surface area (Å²) in [5.74, 6) is 2.04. The van der Waals surface area contributed by atoms with Crippen molar-refractivity contribution in [3.8, 4) is 11.5 Å². The highest BCUT2D eigenvalue weighted by atomic mass is 16.4. The van der Waals surface area contributed by atoms with E-state index in [0.717, 1.165) is 34.7 Å². The molecule has 26 heavy (non-hydrogen) atoms. The number of nitrogens with one attached hydrogen (secondary N) is 1. The van der Waals surface area contributed by atoms with Crippen LogP contribution in [0, 0.1) is 6.92 Å². The molecule has 1 aromatic heterocycles. The number of benzene rings is 2. The van der Waals surface area contributed by atoms with Crippen LogP contribution in [0.15, 0.2) is 52.9 Å². The van der Waals surface area contributed by atoms with E-state index in [0.29, 0.717) is 17.4 Å². The van der Waals surface area contributed by atoms with Crippen LogP contribution in [0.2, 0.25) is 0 Å². The minimum absolute atomic E-state index is 0.101. The van der Waals surface area contributed by atoms with Gasteiger partial charge >= 0.3 is 0 Å². The molecule has 1 aliphatic carbocycles. The number of anilines is 1. The molecule has 0 radical (unpaired) electrons. The second kappa shape index (κ2) is 6.79. The molecule has 2 aromatic carbocycles. The smallest absolute Gasteiger partial charge is 0.255 e. The minimum Gasteiger partial charge on any atom is -0.441 e. The van der Waals surface area contributed by atoms with Gasteiger partial charge in [0.2, 0.25) is 5.89 Å². The van der Waals surface area contributed by atoms with Crippen LogP contribution in [0.5, 0.6) is 0 Å². The average Bonchev–Trinajstić information content (AvgIpc) is 3.44. The standard InChI is InChI=1S/C22H22N2O2/c1-3-15-5-4-6-18(13-15)21(25)23-19-11-9-17(10-12-19)22-24-20(14(2)26-22)16-7-8-16/h4-6,9-13,16H,3,7-8H2,1-2H3,(H,23,25). The van der Waals surface area contributed by atoms with Crippen molar-refractivity contribution in [3.63, 3.8) is 0 Å². The third kappa shape index (κ3) is 3.40. The van der Waals surface area contributed by atoms with E-state index < -0.39 is 0 Å². The summed E-state index contributed by atoms with van der Waals surface area (Å²) in [5.41, 5.74) is 4.59. The van der Waals surface area contributed by atoms with Crippen molar-refractivity contribution in [2.75, 3.05) is 5.32 Å². The van der Waals surface area contributed by atoms with E-state index in [9.17, 15) is 4.79 Å². The van der Waals surface area contributed by atoms with Crippen LogP contribution < -0.4 is 5.32 Å². The Kier molecular flexibility index (Phi) is 4.33. The molecule has 1 amide bonds. The Balaban J connectivity index is 1.49. The van der Waals surface area contributed by atoms with Crippen molar-refractivity contribution in [1.29, 1.82) is 0 Å². The molecule has 0 atom stereocenters. The first-order chi connectivity index (χ1) is 12.6. The van der Waals surface area contributed by atoms with Crippen LogP contribution in [0.3, 0.4) is 0 Å². The molecule has 0 saturated heterocycles. The fourth-order valence-corrected chi connectivity index (χ4v) is 3.10. The summed E-state index contributed by atoms with van der Waals surface area (Å²) in [6, 6.07) is 15.3. The summed E-state index contributed by atoms with van der Waals surface area (Å²) < 4.78 is 5.82. The van der Waals surface area contributed by atoms with Crippen LogP contribution in [0.25, 0.3) is 11.5 Å². The summed E-state index contributed by atoms with van der Waals surface area (Å²) >= 11 is 0. The molecule has 0 bridgehead atoms. The van der Waals surface area contributed by atoms with Gasteiger partial charge in [-0.25, -0.2) is 4.98 Å². The Bertz CT molecular complexity index is 937. The molecular weight excluding hydrogens is 324 g/mol. The van der Waals surface area contributed by atoms with Gasteiger partial charge in [0.15, 0.2) is 0 Å². The van der Waals surface area contributed by atoms with E-state index in [1.54, 1.807) is 0 Å². The molecule has 1 fully saturated rings. The first-order valence-corrected chi connectivity index (χ1v) is 9.12. The van der Waals surface area contributed by atoms with E-state index in [-0.39, 0.29) is 5.91 Å². The molecule has 1 aliphatic rings. The Morgan fingerprint density at radius 1 is 1.19 bits per heavy atom. The van der Waals surface area contributed by atoms with Gasteiger partial charge in [-0.3, -0.25) is 4.79 Å². The maximum absolute atomic E-state index is 12.4. The largest absolute Gasteiger partial charge is 0.441 e. The lowest BCUT2D eigenvalue weighted by molar-refractivity contribution is 0.102. The maximum atomic E-state index is 12.4. The summed E-state index contributed by atoms with van der Waals surface area (Å²) in [4.78, 5) is 17.1. The van der Waals surface area contributed by atoms with E-state index in [2.05, 4.69) is 17.2 Å². The number of nitrogens with zero attached hydrogens (tertiary/aromatic N) is 1. The van der Waals surface area contributed by atoms with Gasteiger partial charge in [-0.05, 0) is 68.1 Å². The normalized spacial score (nSPS) is 13.6. The topological polar surface area (TPSA) is 55.1 Å². The molecule has 0 aliphatic heterocycles. The first kappa shape index (κ1) is 16.6. The highest BCUT2D eigenvalue weighted by Crippen LogP contribution is 2.42. The van der Waals surface area contributed by atoms with E-state index in [1.165, 1.54) is 12.8 Å². The highest BCUT2D eigenvalue weighted by molar-refractivity contribution is 6.04. The van der Waals surface area contributed by atoms with Gasteiger partial charge in [0, 0.05) is 22.7 Å². The fourth-order valence-electron chi connectivity index (χ4n) is 3.10. The fraction of sp³-hybridized carbons (Fsp3) is 0.273. The first-order valence-electron chi connectivity index (χ1n) is 9.12. The zero-order valence-electron chi connectivity index (χ0n) is 15.1. The van der Waals surface area contributed by atoms with Crippen molar-refractivity contribution >= 4 is 11.6 Å². The molecule has 4 heteroatoms. The summed E-state index contributed by atoms with van der Waals surface area (Å²) in [7, 11) is 0. The molecule has 4 rings (SSSR count). The van der Waals surface area contributed by atoms with Gasteiger partial charge < -0.3 is 9.73 Å². The van der Waals surface area contributed by atoms with Crippen LogP contribution in [-0.4, -0.2) is 10.9 Å². The van der Waals surface area contributed by atoms with Gasteiger partial charge in [0.25, 0.3) is 5.91 Å². The number of rotatable bonds is 5. The Hall–Kier alpha value is -2.88. The predicted octanol–water partition coefficient (Wildman–Crippen LogP) is 5.34. The van der Waals surface area contributed by atoms with Gasteiger partial charge in [0.05, 0.1) is 5.69 Å². The van der Waals surface area contributed by atoms with Crippen molar-refractivity contribution in [2.45, 2.75) is 39.0 Å². The number of amides is 1. The Morgan fingerprint density at radius 3 is 2.65 bits per heavy atom. The summed E-state index contributed by atoms with van der Waals surface area (Å²) in [6.07, 6.45) is 3.32. The third-order valence-electron chi connectivity index (χ3n) is 4.78. The molecule has 132 valence electrons. The molecular formula is C22H22N2O2. The summed E-state index contributed by atoms with van der Waals surface area (Å²) in [5, 5.41) is 2.94. The van der Waals surface area contributed by atoms with Gasteiger partial charge in [0.1, 0.15) is 5.76 Å². The zero-order chi connectivity index (χ0) is 18.1. The number of oxazole rings is 1. The number of carbonyl (C=O) groups is 1. The van der Waals surface area contributed by atoms with Crippen molar-refractivity contribution in [3.05, 3.63) is 71.1 Å². The molecule has 0 unspecified atom stereocenters. The van der Waals surface area contributed by atoms with Crippen LogP contribution >= 0.6 is 0 Å². The van der Waals surface area contributed by atoms with Crippen LogP contribution in [0.1, 0.15) is 53.1 Å². The van der Waals surface area contributed by atoms with Crippen molar-refractivity contribution in [2.24, 2.45) is 0 Å². The van der Waals surface area contributed by atoms with Gasteiger partial charge in [-0.15, -0.1) is 0 Å². The van der Waals surface area contributed by atoms with E-state index >= 15 is 0 Å². The van der Waals surface area contributed by atoms with Crippen molar-refractivity contribution < 1.29 is 9.21 Å². The number of aryl methyl sites for hydroxylation is 2. The molecule has 1 N–H and O–H groups in total. The predicted molar refractivity (Wildman–Crippen MR) is 102 cm³/mol. The number of hydrogen-bond donors (Lipinski definition) is 1. The van der Waals surface area contributed by atoms with Crippen LogP contribution in [-0.2, 0) is 6.42 Å². The third-order valence-corrected chi connectivity index (χ3v) is 4.78. The maximum Gasteiger partial charge on any atom is 0.255 e. The number of carbonyl (C=O) groups excluding carboxylic acids is 1. The van der Waals surface area contributed by atoms with Crippen molar-refractivity contribution in [1.82, 2.24) is 4.98 Å². The lowest BCUT2D eigenvalue weighted by Gasteiger charge is -2.07. The quantitative estimate of drug-likeness (QED) is 0.678. The lowest BCUT2D eigenvalue weighted by atomic mass is 10.1.